The summed E-state index contributed by atoms with van der Waals surface area (Å²) in [6.45, 7) is 2.18. The van der Waals surface area contributed by atoms with E-state index in [1.807, 2.05) is 16.4 Å². The van der Waals surface area contributed by atoms with E-state index in [2.05, 4.69) is 56.3 Å². The van der Waals surface area contributed by atoms with Crippen molar-refractivity contribution in [3.63, 3.8) is 0 Å². The van der Waals surface area contributed by atoms with E-state index in [-0.39, 0.29) is 5.54 Å². The third kappa shape index (κ3) is 3.88. The van der Waals surface area contributed by atoms with Gasteiger partial charge in [0.2, 0.25) is 0 Å². The topological polar surface area (TPSA) is 80.7 Å². The SMILES string of the molecule is COCCn1nnnc1C1(NCCc2c[nH]c3ccccc23)CCSCC1. The lowest BCUT2D eigenvalue weighted by Gasteiger charge is -2.36. The summed E-state index contributed by atoms with van der Waals surface area (Å²) in [6, 6.07) is 8.46. The van der Waals surface area contributed by atoms with Crippen molar-refractivity contribution in [2.75, 3.05) is 31.8 Å². The van der Waals surface area contributed by atoms with Gasteiger partial charge in [0.1, 0.15) is 0 Å². The highest BCUT2D eigenvalue weighted by Crippen LogP contribution is 2.34. The molecule has 0 unspecified atom stereocenters. The van der Waals surface area contributed by atoms with Gasteiger partial charge >= 0.3 is 0 Å². The lowest BCUT2D eigenvalue weighted by atomic mass is 9.90. The lowest BCUT2D eigenvalue weighted by Crippen LogP contribution is -2.48. The van der Waals surface area contributed by atoms with Crippen molar-refractivity contribution in [2.24, 2.45) is 0 Å². The maximum Gasteiger partial charge on any atom is 0.171 e. The summed E-state index contributed by atoms with van der Waals surface area (Å²) in [6.07, 6.45) is 5.18. The van der Waals surface area contributed by atoms with E-state index in [0.29, 0.717) is 13.2 Å². The van der Waals surface area contributed by atoms with Gasteiger partial charge in [-0.2, -0.15) is 11.8 Å². The van der Waals surface area contributed by atoms with Gasteiger partial charge in [-0.25, -0.2) is 4.68 Å². The summed E-state index contributed by atoms with van der Waals surface area (Å²) in [5.41, 5.74) is 2.38. The molecule has 3 aromatic rings. The summed E-state index contributed by atoms with van der Waals surface area (Å²) >= 11 is 2.00. The van der Waals surface area contributed by atoms with E-state index in [1.165, 1.54) is 16.5 Å². The van der Waals surface area contributed by atoms with Gasteiger partial charge in [0.15, 0.2) is 5.82 Å². The Bertz CT molecular complexity index is 870. The smallest absolute Gasteiger partial charge is 0.171 e. The predicted octanol–water partition coefficient (Wildman–Crippen LogP) is 2.36. The summed E-state index contributed by atoms with van der Waals surface area (Å²) in [5.74, 6) is 3.19. The number of hydrogen-bond donors (Lipinski definition) is 2. The quantitative estimate of drug-likeness (QED) is 0.619. The molecule has 1 aromatic carbocycles. The van der Waals surface area contributed by atoms with E-state index in [1.54, 1.807) is 7.11 Å². The molecule has 0 saturated carbocycles. The largest absolute Gasteiger partial charge is 0.383 e. The molecule has 0 radical (unpaired) electrons. The number of rotatable bonds is 8. The van der Waals surface area contributed by atoms with Crippen LogP contribution in [0.25, 0.3) is 10.9 Å². The van der Waals surface area contributed by atoms with Gasteiger partial charge in [-0.3, -0.25) is 0 Å². The number of hydrogen-bond acceptors (Lipinski definition) is 6. The number of ether oxygens (including phenoxy) is 1. The Labute approximate surface area is 163 Å². The van der Waals surface area contributed by atoms with Gasteiger partial charge in [0.25, 0.3) is 0 Å². The molecule has 1 saturated heterocycles. The van der Waals surface area contributed by atoms with Crippen LogP contribution in [0.15, 0.2) is 30.5 Å². The molecular formula is C19H26N6OS. The molecule has 144 valence electrons. The van der Waals surface area contributed by atoms with Gasteiger partial charge in [0, 0.05) is 30.8 Å². The maximum atomic E-state index is 5.22. The van der Waals surface area contributed by atoms with Crippen LogP contribution in [0.3, 0.4) is 0 Å². The number of benzene rings is 1. The zero-order valence-corrected chi connectivity index (χ0v) is 16.5. The molecule has 4 rings (SSSR count). The summed E-state index contributed by atoms with van der Waals surface area (Å²) < 4.78 is 7.12. The second-order valence-electron chi connectivity index (χ2n) is 6.95. The second kappa shape index (κ2) is 8.41. The molecule has 0 amide bonds. The summed E-state index contributed by atoms with van der Waals surface area (Å²) in [4.78, 5) is 3.36. The fraction of sp³-hybridized carbons (Fsp3) is 0.526. The molecular weight excluding hydrogens is 360 g/mol. The zero-order valence-electron chi connectivity index (χ0n) is 15.6. The van der Waals surface area contributed by atoms with Crippen molar-refractivity contribution in [2.45, 2.75) is 31.3 Å². The number of nitrogens with zero attached hydrogens (tertiary/aromatic N) is 4. The van der Waals surface area contributed by atoms with E-state index in [9.17, 15) is 0 Å². The van der Waals surface area contributed by atoms with Gasteiger partial charge in [-0.15, -0.1) is 5.10 Å². The Morgan fingerprint density at radius 1 is 1.30 bits per heavy atom. The first-order chi connectivity index (χ1) is 13.3. The minimum atomic E-state index is -0.158. The van der Waals surface area contributed by atoms with Crippen LogP contribution in [0.2, 0.25) is 0 Å². The third-order valence-corrected chi connectivity index (χ3v) is 6.33. The molecule has 2 aromatic heterocycles. The van der Waals surface area contributed by atoms with Crippen molar-refractivity contribution >= 4 is 22.7 Å². The van der Waals surface area contributed by atoms with Gasteiger partial charge in [-0.1, -0.05) is 18.2 Å². The van der Waals surface area contributed by atoms with E-state index < -0.39 is 0 Å². The fourth-order valence-electron chi connectivity index (χ4n) is 3.85. The number of aromatic nitrogens is 5. The van der Waals surface area contributed by atoms with Crippen molar-refractivity contribution in [1.82, 2.24) is 30.5 Å². The number of methoxy groups -OCH3 is 1. The first-order valence-corrected chi connectivity index (χ1v) is 10.6. The standard InChI is InChI=1S/C19H26N6OS/c1-26-11-10-25-18(22-23-24-25)19(7-12-27-13-8-19)21-9-6-15-14-20-17-5-3-2-4-16(15)17/h2-5,14,20-21H,6-13H2,1H3. The number of nitrogens with one attached hydrogen (secondary N) is 2. The average Bonchev–Trinajstić information content (AvgIpc) is 3.35. The van der Waals surface area contributed by atoms with Crippen LogP contribution in [0.5, 0.6) is 0 Å². The highest BCUT2D eigenvalue weighted by atomic mass is 32.2. The highest BCUT2D eigenvalue weighted by molar-refractivity contribution is 7.99. The fourth-order valence-corrected chi connectivity index (χ4v) is 5.04. The molecule has 27 heavy (non-hydrogen) atoms. The molecule has 3 heterocycles. The summed E-state index contributed by atoms with van der Waals surface area (Å²) in [5, 5.41) is 17.7. The number of fused-ring (bicyclic) bond motifs is 1. The predicted molar refractivity (Wildman–Crippen MR) is 108 cm³/mol. The van der Waals surface area contributed by atoms with Crippen molar-refractivity contribution in [3.8, 4) is 0 Å². The maximum absolute atomic E-state index is 5.22. The van der Waals surface area contributed by atoms with Crippen LogP contribution in [0.4, 0.5) is 0 Å². The lowest BCUT2D eigenvalue weighted by molar-refractivity contribution is 0.176. The molecule has 1 aliphatic rings. The van der Waals surface area contributed by atoms with Gasteiger partial charge in [-0.05, 0) is 52.8 Å². The molecule has 0 bridgehead atoms. The van der Waals surface area contributed by atoms with Crippen molar-refractivity contribution in [3.05, 3.63) is 41.9 Å². The molecule has 0 spiro atoms. The van der Waals surface area contributed by atoms with Crippen LogP contribution < -0.4 is 5.32 Å². The Kier molecular flexibility index (Phi) is 5.75. The highest BCUT2D eigenvalue weighted by Gasteiger charge is 2.38. The average molecular weight is 387 g/mol. The number of H-pyrrole nitrogens is 1. The number of aromatic amines is 1. The molecule has 7 nitrogen and oxygen atoms in total. The molecule has 2 N–H and O–H groups in total. The first-order valence-electron chi connectivity index (χ1n) is 9.46. The third-order valence-electron chi connectivity index (χ3n) is 5.35. The van der Waals surface area contributed by atoms with Crippen LogP contribution in [-0.2, 0) is 23.2 Å². The minimum Gasteiger partial charge on any atom is -0.383 e. The summed E-state index contributed by atoms with van der Waals surface area (Å²) in [7, 11) is 1.70. The van der Waals surface area contributed by atoms with Crippen LogP contribution in [-0.4, -0.2) is 57.0 Å². The molecule has 0 atom stereocenters. The first kappa shape index (κ1) is 18.5. The van der Waals surface area contributed by atoms with Crippen molar-refractivity contribution < 1.29 is 4.74 Å². The van der Waals surface area contributed by atoms with Crippen LogP contribution >= 0.6 is 11.8 Å². The van der Waals surface area contributed by atoms with Gasteiger partial charge < -0.3 is 15.0 Å². The normalized spacial score (nSPS) is 16.8. The second-order valence-corrected chi connectivity index (χ2v) is 8.17. The molecule has 8 heteroatoms. The Morgan fingerprint density at radius 2 is 2.15 bits per heavy atom. The Hall–Kier alpha value is -1.90. The number of para-hydroxylation sites is 1. The Morgan fingerprint density at radius 3 is 3.00 bits per heavy atom. The molecule has 0 aliphatic carbocycles. The minimum absolute atomic E-state index is 0.158. The van der Waals surface area contributed by atoms with Crippen molar-refractivity contribution in [1.29, 1.82) is 0 Å². The van der Waals surface area contributed by atoms with Crippen LogP contribution in [0, 0.1) is 0 Å². The van der Waals surface area contributed by atoms with E-state index >= 15 is 0 Å². The Balaban J connectivity index is 1.50. The number of thioether (sulfide) groups is 1. The van der Waals surface area contributed by atoms with Gasteiger partial charge in [0.05, 0.1) is 18.7 Å². The van der Waals surface area contributed by atoms with E-state index in [4.69, 9.17) is 4.74 Å². The zero-order chi connectivity index (χ0) is 18.5. The number of tetrazole rings is 1. The monoisotopic (exact) mass is 386 g/mol. The van der Waals surface area contributed by atoms with E-state index in [0.717, 1.165) is 43.1 Å². The van der Waals surface area contributed by atoms with Crippen LogP contribution in [0.1, 0.15) is 24.2 Å². The molecule has 1 aliphatic heterocycles. The molecule has 1 fully saturated rings.